The summed E-state index contributed by atoms with van der Waals surface area (Å²) in [4.78, 5) is 24.1. The van der Waals surface area contributed by atoms with Gasteiger partial charge < -0.3 is 19.7 Å². The van der Waals surface area contributed by atoms with Gasteiger partial charge in [0.05, 0.1) is 24.7 Å². The molecule has 1 unspecified atom stereocenters. The van der Waals surface area contributed by atoms with Crippen LogP contribution in [0.5, 0.6) is 0 Å². The lowest BCUT2D eigenvalue weighted by Crippen LogP contribution is -2.34. The number of carboxylic acids is 1. The second-order valence-corrected chi connectivity index (χ2v) is 6.87. The molecule has 1 atom stereocenters. The van der Waals surface area contributed by atoms with E-state index >= 15 is 0 Å². The number of aromatic nitrogens is 1. The molecule has 2 aromatic carbocycles. The van der Waals surface area contributed by atoms with E-state index in [9.17, 15) is 14.7 Å². The summed E-state index contributed by atoms with van der Waals surface area (Å²) in [5.74, 6) is -1.49. The van der Waals surface area contributed by atoms with Crippen LogP contribution in [-0.2, 0) is 29.0 Å². The number of hydrogen-bond acceptors (Lipinski definition) is 5. The minimum Gasteiger partial charge on any atom is -0.481 e. The van der Waals surface area contributed by atoms with E-state index < -0.39 is 17.8 Å². The summed E-state index contributed by atoms with van der Waals surface area (Å²) in [5.41, 5.74) is 1.72. The van der Waals surface area contributed by atoms with Gasteiger partial charge in [0.25, 0.3) is 5.91 Å². The Labute approximate surface area is 161 Å². The monoisotopic (exact) mass is 380 g/mol. The van der Waals surface area contributed by atoms with Crippen molar-refractivity contribution in [2.75, 3.05) is 13.2 Å². The van der Waals surface area contributed by atoms with Crippen molar-refractivity contribution < 1.29 is 24.0 Å². The second kappa shape index (κ2) is 7.82. The standard InChI is InChI=1S/C21H20N2O5/c24-20(19-17-12-27-8-7-18(17)28-23-19)22-11-16(21(25)26)10-13-5-6-14-3-1-2-4-15(14)9-13/h1-6,9,16H,7-8,10-12H2,(H,22,24)(H,25,26). The summed E-state index contributed by atoms with van der Waals surface area (Å²) < 4.78 is 10.5. The quantitative estimate of drug-likeness (QED) is 0.682. The molecule has 7 heteroatoms. The van der Waals surface area contributed by atoms with Gasteiger partial charge in [0.1, 0.15) is 5.76 Å². The molecule has 1 aliphatic rings. The Morgan fingerprint density at radius 3 is 2.82 bits per heavy atom. The summed E-state index contributed by atoms with van der Waals surface area (Å²) in [6.07, 6.45) is 0.899. The first-order valence-electron chi connectivity index (χ1n) is 9.15. The molecule has 7 nitrogen and oxygen atoms in total. The average molecular weight is 380 g/mol. The van der Waals surface area contributed by atoms with E-state index in [-0.39, 0.29) is 18.8 Å². The van der Waals surface area contributed by atoms with Crippen LogP contribution < -0.4 is 5.32 Å². The van der Waals surface area contributed by atoms with E-state index in [0.29, 0.717) is 30.8 Å². The van der Waals surface area contributed by atoms with Gasteiger partial charge >= 0.3 is 5.97 Å². The van der Waals surface area contributed by atoms with Crippen LogP contribution in [0.15, 0.2) is 47.0 Å². The Hall–Kier alpha value is -3.19. The predicted molar refractivity (Wildman–Crippen MR) is 101 cm³/mol. The largest absolute Gasteiger partial charge is 0.481 e. The fourth-order valence-corrected chi connectivity index (χ4v) is 3.40. The molecule has 2 heterocycles. The zero-order chi connectivity index (χ0) is 19.5. The van der Waals surface area contributed by atoms with E-state index in [4.69, 9.17) is 9.26 Å². The van der Waals surface area contributed by atoms with Crippen molar-refractivity contribution in [2.24, 2.45) is 5.92 Å². The van der Waals surface area contributed by atoms with Gasteiger partial charge in [-0.3, -0.25) is 9.59 Å². The van der Waals surface area contributed by atoms with Gasteiger partial charge in [-0.1, -0.05) is 47.6 Å². The molecule has 0 bridgehead atoms. The highest BCUT2D eigenvalue weighted by molar-refractivity contribution is 5.94. The average Bonchev–Trinajstić information content (AvgIpc) is 3.15. The minimum absolute atomic E-state index is 0.00346. The lowest BCUT2D eigenvalue weighted by Gasteiger charge is -2.14. The molecule has 0 fully saturated rings. The molecular weight excluding hydrogens is 360 g/mol. The highest BCUT2D eigenvalue weighted by Crippen LogP contribution is 2.21. The van der Waals surface area contributed by atoms with Crippen LogP contribution in [0.1, 0.15) is 27.4 Å². The van der Waals surface area contributed by atoms with E-state index in [1.165, 1.54) is 0 Å². The van der Waals surface area contributed by atoms with Gasteiger partial charge in [-0.05, 0) is 22.8 Å². The number of carboxylic acid groups (broad SMARTS) is 1. The maximum absolute atomic E-state index is 12.4. The number of carbonyl (C=O) groups is 2. The van der Waals surface area contributed by atoms with Gasteiger partial charge in [-0.25, -0.2) is 0 Å². The molecular formula is C21H20N2O5. The van der Waals surface area contributed by atoms with Crippen molar-refractivity contribution in [3.8, 4) is 0 Å². The maximum atomic E-state index is 12.4. The number of carbonyl (C=O) groups excluding carboxylic acids is 1. The smallest absolute Gasteiger partial charge is 0.308 e. The molecule has 0 saturated heterocycles. The van der Waals surface area contributed by atoms with Crippen molar-refractivity contribution in [3.05, 3.63) is 65.0 Å². The Morgan fingerprint density at radius 1 is 1.18 bits per heavy atom. The summed E-state index contributed by atoms with van der Waals surface area (Å²) in [6.45, 7) is 0.820. The zero-order valence-electron chi connectivity index (χ0n) is 15.2. The molecule has 1 aromatic heterocycles. The fourth-order valence-electron chi connectivity index (χ4n) is 3.40. The highest BCUT2D eigenvalue weighted by Gasteiger charge is 2.26. The second-order valence-electron chi connectivity index (χ2n) is 6.87. The highest BCUT2D eigenvalue weighted by atomic mass is 16.5. The van der Waals surface area contributed by atoms with Crippen molar-refractivity contribution in [1.29, 1.82) is 0 Å². The molecule has 1 aliphatic heterocycles. The first kappa shape index (κ1) is 18.2. The van der Waals surface area contributed by atoms with E-state index in [0.717, 1.165) is 16.3 Å². The minimum atomic E-state index is -0.959. The number of hydrogen-bond donors (Lipinski definition) is 2. The van der Waals surface area contributed by atoms with Crippen molar-refractivity contribution in [2.45, 2.75) is 19.4 Å². The summed E-state index contributed by atoms with van der Waals surface area (Å²) >= 11 is 0. The van der Waals surface area contributed by atoms with Crippen LogP contribution >= 0.6 is 0 Å². The van der Waals surface area contributed by atoms with Crippen LogP contribution in [0, 0.1) is 5.92 Å². The number of nitrogens with one attached hydrogen (secondary N) is 1. The Morgan fingerprint density at radius 2 is 2.00 bits per heavy atom. The van der Waals surface area contributed by atoms with Crippen LogP contribution in [0.4, 0.5) is 0 Å². The van der Waals surface area contributed by atoms with Crippen LogP contribution in [0.25, 0.3) is 10.8 Å². The lowest BCUT2D eigenvalue weighted by atomic mass is 9.97. The van der Waals surface area contributed by atoms with Crippen molar-refractivity contribution >= 4 is 22.6 Å². The summed E-state index contributed by atoms with van der Waals surface area (Å²) in [7, 11) is 0. The summed E-state index contributed by atoms with van der Waals surface area (Å²) in [6, 6.07) is 13.8. The van der Waals surface area contributed by atoms with Crippen LogP contribution in [0.2, 0.25) is 0 Å². The fraction of sp³-hybridized carbons (Fsp3) is 0.286. The topological polar surface area (TPSA) is 102 Å². The number of fused-ring (bicyclic) bond motifs is 2. The maximum Gasteiger partial charge on any atom is 0.308 e. The van der Waals surface area contributed by atoms with Gasteiger partial charge in [0.15, 0.2) is 5.69 Å². The molecule has 0 aliphatic carbocycles. The number of nitrogens with zero attached hydrogens (tertiary/aromatic N) is 1. The molecule has 0 radical (unpaired) electrons. The first-order chi connectivity index (χ1) is 13.6. The number of amides is 1. The number of benzene rings is 2. The molecule has 0 saturated carbocycles. The van der Waals surface area contributed by atoms with E-state index in [2.05, 4.69) is 10.5 Å². The molecule has 4 rings (SSSR count). The van der Waals surface area contributed by atoms with Crippen LogP contribution in [0.3, 0.4) is 0 Å². The van der Waals surface area contributed by atoms with Gasteiger partial charge in [-0.2, -0.15) is 0 Å². The Bertz CT molecular complexity index is 1030. The molecule has 28 heavy (non-hydrogen) atoms. The molecule has 1 amide bonds. The van der Waals surface area contributed by atoms with E-state index in [1.807, 2.05) is 42.5 Å². The first-order valence-corrected chi connectivity index (χ1v) is 9.15. The SMILES string of the molecule is O=C(NCC(Cc1ccc2ccccc2c1)C(=O)O)c1noc2c1COCC2. The third kappa shape index (κ3) is 3.75. The normalized spacial score (nSPS) is 14.4. The Kier molecular flexibility index (Phi) is 5.08. The third-order valence-electron chi connectivity index (χ3n) is 4.96. The zero-order valence-corrected chi connectivity index (χ0v) is 15.2. The Balaban J connectivity index is 1.44. The molecule has 2 N–H and O–H groups in total. The number of aliphatic carboxylic acids is 1. The van der Waals surface area contributed by atoms with Gasteiger partial charge in [0.2, 0.25) is 0 Å². The predicted octanol–water partition coefficient (Wildman–Crippen LogP) is 2.57. The van der Waals surface area contributed by atoms with E-state index in [1.54, 1.807) is 0 Å². The van der Waals surface area contributed by atoms with Gasteiger partial charge in [-0.15, -0.1) is 0 Å². The third-order valence-corrected chi connectivity index (χ3v) is 4.96. The number of ether oxygens (including phenoxy) is 1. The van der Waals surface area contributed by atoms with Crippen molar-refractivity contribution in [3.63, 3.8) is 0 Å². The summed E-state index contributed by atoms with van der Waals surface area (Å²) in [5, 5.41) is 18.2. The lowest BCUT2D eigenvalue weighted by molar-refractivity contribution is -0.141. The van der Waals surface area contributed by atoms with Gasteiger partial charge in [0, 0.05) is 13.0 Å². The number of rotatable bonds is 6. The molecule has 0 spiro atoms. The molecule has 144 valence electrons. The molecule has 3 aromatic rings. The van der Waals surface area contributed by atoms with Crippen molar-refractivity contribution in [1.82, 2.24) is 10.5 Å². The van der Waals surface area contributed by atoms with Crippen LogP contribution in [-0.4, -0.2) is 35.3 Å².